The smallest absolute Gasteiger partial charge is 0.243 e. The van der Waals surface area contributed by atoms with Gasteiger partial charge in [0.2, 0.25) is 5.91 Å². The SMILES string of the molecule is CC(C)(N)C(=O)Nc1ccc(Cn2cncn2)cc1.Cl.Cl. The number of aromatic nitrogens is 3. The molecule has 116 valence electrons. The molecule has 1 amide bonds. The number of hydrogen-bond acceptors (Lipinski definition) is 4. The lowest BCUT2D eigenvalue weighted by molar-refractivity contribution is -0.120. The summed E-state index contributed by atoms with van der Waals surface area (Å²) in [4.78, 5) is 15.6. The number of carbonyl (C=O) groups is 1. The van der Waals surface area contributed by atoms with Crippen LogP contribution in [-0.2, 0) is 11.3 Å². The molecule has 0 aliphatic heterocycles. The Morgan fingerprint density at radius 2 is 1.90 bits per heavy atom. The van der Waals surface area contributed by atoms with Crippen molar-refractivity contribution in [2.75, 3.05) is 5.32 Å². The van der Waals surface area contributed by atoms with Crippen LogP contribution < -0.4 is 11.1 Å². The minimum atomic E-state index is -0.889. The van der Waals surface area contributed by atoms with Crippen molar-refractivity contribution in [1.82, 2.24) is 14.8 Å². The Morgan fingerprint density at radius 3 is 2.38 bits per heavy atom. The highest BCUT2D eigenvalue weighted by atomic mass is 35.5. The van der Waals surface area contributed by atoms with Crippen molar-refractivity contribution in [2.45, 2.75) is 25.9 Å². The standard InChI is InChI=1S/C13H17N5O.2ClH/c1-13(2,14)12(19)17-11-5-3-10(4-6-11)7-18-9-15-8-16-18;;/h3-6,8-9H,7,14H2,1-2H3,(H,17,19);2*1H. The molecule has 0 fully saturated rings. The fourth-order valence-electron chi connectivity index (χ4n) is 1.49. The molecule has 0 spiro atoms. The molecule has 0 atom stereocenters. The molecule has 0 unspecified atom stereocenters. The Hall–Kier alpha value is -1.63. The lowest BCUT2D eigenvalue weighted by Gasteiger charge is -2.17. The number of nitrogens with one attached hydrogen (secondary N) is 1. The second-order valence-corrected chi connectivity index (χ2v) is 4.97. The third kappa shape index (κ3) is 5.71. The van der Waals surface area contributed by atoms with Crippen molar-refractivity contribution in [3.63, 3.8) is 0 Å². The van der Waals surface area contributed by atoms with E-state index in [4.69, 9.17) is 5.73 Å². The van der Waals surface area contributed by atoms with Crippen LogP contribution in [0.2, 0.25) is 0 Å². The molecule has 1 aromatic heterocycles. The van der Waals surface area contributed by atoms with Crippen LogP contribution >= 0.6 is 24.8 Å². The van der Waals surface area contributed by atoms with Gasteiger partial charge in [0.25, 0.3) is 0 Å². The van der Waals surface area contributed by atoms with Gasteiger partial charge in [-0.1, -0.05) is 12.1 Å². The minimum absolute atomic E-state index is 0. The Balaban J connectivity index is 0.00000200. The van der Waals surface area contributed by atoms with Gasteiger partial charge in [-0.25, -0.2) is 9.67 Å². The van der Waals surface area contributed by atoms with E-state index >= 15 is 0 Å². The van der Waals surface area contributed by atoms with E-state index in [2.05, 4.69) is 15.4 Å². The lowest BCUT2D eigenvalue weighted by atomic mass is 10.1. The molecule has 6 nitrogen and oxygen atoms in total. The van der Waals surface area contributed by atoms with Gasteiger partial charge in [-0.05, 0) is 31.5 Å². The molecule has 0 aliphatic rings. The summed E-state index contributed by atoms with van der Waals surface area (Å²) in [5.74, 6) is -0.212. The van der Waals surface area contributed by atoms with Crippen molar-refractivity contribution < 1.29 is 4.79 Å². The fourth-order valence-corrected chi connectivity index (χ4v) is 1.49. The van der Waals surface area contributed by atoms with Crippen LogP contribution in [0.4, 0.5) is 5.69 Å². The van der Waals surface area contributed by atoms with Gasteiger partial charge in [0.1, 0.15) is 12.7 Å². The van der Waals surface area contributed by atoms with Crippen LogP contribution in [-0.4, -0.2) is 26.2 Å². The largest absolute Gasteiger partial charge is 0.325 e. The molecular formula is C13H19Cl2N5O. The molecule has 8 heteroatoms. The van der Waals surface area contributed by atoms with E-state index in [1.807, 2.05) is 24.3 Å². The van der Waals surface area contributed by atoms with Crippen molar-refractivity contribution in [3.8, 4) is 0 Å². The average molecular weight is 332 g/mol. The lowest BCUT2D eigenvalue weighted by Crippen LogP contribution is -2.45. The van der Waals surface area contributed by atoms with Gasteiger partial charge >= 0.3 is 0 Å². The van der Waals surface area contributed by atoms with Crippen LogP contribution in [0.15, 0.2) is 36.9 Å². The third-order valence-corrected chi connectivity index (χ3v) is 2.61. The number of nitrogens with two attached hydrogens (primary N) is 1. The second kappa shape index (κ2) is 7.97. The molecule has 1 heterocycles. The molecule has 3 N–H and O–H groups in total. The minimum Gasteiger partial charge on any atom is -0.325 e. The van der Waals surface area contributed by atoms with E-state index in [9.17, 15) is 4.79 Å². The first-order chi connectivity index (χ1) is 8.95. The van der Waals surface area contributed by atoms with E-state index in [0.29, 0.717) is 6.54 Å². The van der Waals surface area contributed by atoms with Gasteiger partial charge in [-0.15, -0.1) is 24.8 Å². The molecule has 0 radical (unpaired) electrons. The van der Waals surface area contributed by atoms with Crippen molar-refractivity contribution >= 4 is 36.4 Å². The number of halogens is 2. The van der Waals surface area contributed by atoms with E-state index < -0.39 is 5.54 Å². The maximum absolute atomic E-state index is 11.7. The zero-order chi connectivity index (χ0) is 13.9. The summed E-state index contributed by atoms with van der Waals surface area (Å²) >= 11 is 0. The first-order valence-electron chi connectivity index (χ1n) is 5.97. The molecule has 1 aromatic carbocycles. The van der Waals surface area contributed by atoms with Gasteiger partial charge in [0.15, 0.2) is 0 Å². The summed E-state index contributed by atoms with van der Waals surface area (Å²) in [7, 11) is 0. The molecule has 2 rings (SSSR count). The number of rotatable bonds is 4. The van der Waals surface area contributed by atoms with Crippen LogP contribution in [0, 0.1) is 0 Å². The molecule has 0 bridgehead atoms. The van der Waals surface area contributed by atoms with Crippen LogP contribution in [0.5, 0.6) is 0 Å². The molecule has 0 aliphatic carbocycles. The highest BCUT2D eigenvalue weighted by molar-refractivity contribution is 5.97. The third-order valence-electron chi connectivity index (χ3n) is 2.61. The van der Waals surface area contributed by atoms with Crippen LogP contribution in [0.3, 0.4) is 0 Å². The van der Waals surface area contributed by atoms with Crippen LogP contribution in [0.1, 0.15) is 19.4 Å². The quantitative estimate of drug-likeness (QED) is 0.895. The molecule has 0 saturated carbocycles. The van der Waals surface area contributed by atoms with Crippen LogP contribution in [0.25, 0.3) is 0 Å². The van der Waals surface area contributed by atoms with Crippen molar-refractivity contribution in [1.29, 1.82) is 0 Å². The van der Waals surface area contributed by atoms with Gasteiger partial charge in [0.05, 0.1) is 12.1 Å². The van der Waals surface area contributed by atoms with E-state index in [0.717, 1.165) is 11.3 Å². The maximum atomic E-state index is 11.7. The second-order valence-electron chi connectivity index (χ2n) is 4.97. The topological polar surface area (TPSA) is 85.8 Å². The number of hydrogen-bond donors (Lipinski definition) is 2. The van der Waals surface area contributed by atoms with Gasteiger partial charge < -0.3 is 11.1 Å². The average Bonchev–Trinajstić information content (AvgIpc) is 2.83. The molecule has 2 aromatic rings. The summed E-state index contributed by atoms with van der Waals surface area (Å²) in [5, 5.41) is 6.80. The highest BCUT2D eigenvalue weighted by Gasteiger charge is 2.21. The fraction of sp³-hybridized carbons (Fsp3) is 0.308. The summed E-state index contributed by atoms with van der Waals surface area (Å²) < 4.78 is 1.73. The molecule has 21 heavy (non-hydrogen) atoms. The predicted octanol–water partition coefficient (Wildman–Crippen LogP) is 1.85. The molecule has 0 saturated heterocycles. The monoisotopic (exact) mass is 331 g/mol. The predicted molar refractivity (Wildman–Crippen MR) is 87.0 cm³/mol. The van der Waals surface area contributed by atoms with Gasteiger partial charge in [-0.3, -0.25) is 4.79 Å². The van der Waals surface area contributed by atoms with E-state index in [1.165, 1.54) is 6.33 Å². The maximum Gasteiger partial charge on any atom is 0.243 e. The number of carbonyl (C=O) groups excluding carboxylic acids is 1. The normalized spacial score (nSPS) is 10.2. The zero-order valence-corrected chi connectivity index (χ0v) is 13.4. The Kier molecular flexibility index (Phi) is 7.35. The number of amides is 1. The Morgan fingerprint density at radius 1 is 1.29 bits per heavy atom. The summed E-state index contributed by atoms with van der Waals surface area (Å²) in [6.07, 6.45) is 3.16. The molecular weight excluding hydrogens is 313 g/mol. The zero-order valence-electron chi connectivity index (χ0n) is 11.8. The first kappa shape index (κ1) is 19.4. The van der Waals surface area contributed by atoms with Crippen molar-refractivity contribution in [3.05, 3.63) is 42.5 Å². The number of nitrogens with zero attached hydrogens (tertiary/aromatic N) is 3. The number of benzene rings is 1. The highest BCUT2D eigenvalue weighted by Crippen LogP contribution is 2.12. The Bertz CT molecular complexity index is 549. The summed E-state index contributed by atoms with van der Waals surface area (Å²) in [5.41, 5.74) is 6.63. The van der Waals surface area contributed by atoms with Gasteiger partial charge in [0, 0.05) is 5.69 Å². The first-order valence-corrected chi connectivity index (χ1v) is 5.97. The van der Waals surface area contributed by atoms with E-state index in [-0.39, 0.29) is 30.7 Å². The summed E-state index contributed by atoms with van der Waals surface area (Å²) in [6, 6.07) is 7.55. The van der Waals surface area contributed by atoms with Crippen molar-refractivity contribution in [2.24, 2.45) is 5.73 Å². The van der Waals surface area contributed by atoms with Gasteiger partial charge in [-0.2, -0.15) is 5.10 Å². The summed E-state index contributed by atoms with van der Waals surface area (Å²) in [6.45, 7) is 3.99. The van der Waals surface area contributed by atoms with E-state index in [1.54, 1.807) is 24.9 Å². The number of anilines is 1. The Labute approximate surface area is 135 Å².